The summed E-state index contributed by atoms with van der Waals surface area (Å²) >= 11 is 0. The van der Waals surface area contributed by atoms with E-state index in [1.807, 2.05) is 0 Å². The van der Waals surface area contributed by atoms with Crippen LogP contribution in [0.4, 0.5) is 5.95 Å². The highest BCUT2D eigenvalue weighted by atomic mass is 15.2. The number of hydrogen-bond acceptors (Lipinski definition) is 2. The predicted octanol–water partition coefficient (Wildman–Crippen LogP) is 3.57. The van der Waals surface area contributed by atoms with E-state index in [9.17, 15) is 0 Å². The summed E-state index contributed by atoms with van der Waals surface area (Å²) in [5.74, 6) is 1.53. The number of benzene rings is 1. The van der Waals surface area contributed by atoms with E-state index < -0.39 is 0 Å². The quantitative estimate of drug-likeness (QED) is 0.885. The van der Waals surface area contributed by atoms with Gasteiger partial charge in [0.25, 0.3) is 0 Å². The van der Waals surface area contributed by atoms with Crippen molar-refractivity contribution in [2.24, 2.45) is 0 Å². The van der Waals surface area contributed by atoms with Crippen LogP contribution in [0.1, 0.15) is 36.9 Å². The van der Waals surface area contributed by atoms with Crippen LogP contribution in [0, 0.1) is 6.92 Å². The van der Waals surface area contributed by atoms with Crippen LogP contribution in [0.2, 0.25) is 0 Å². The van der Waals surface area contributed by atoms with E-state index in [4.69, 9.17) is 0 Å². The number of rotatable bonds is 5. The van der Waals surface area contributed by atoms with E-state index in [0.717, 1.165) is 18.2 Å². The van der Waals surface area contributed by atoms with E-state index in [2.05, 4.69) is 65.2 Å². The Morgan fingerprint density at radius 3 is 2.74 bits per heavy atom. The molecule has 3 heteroatoms. The lowest BCUT2D eigenvalue weighted by Crippen LogP contribution is -2.12. The first-order valence-corrected chi connectivity index (χ1v) is 7.07. The van der Waals surface area contributed by atoms with Gasteiger partial charge in [0.05, 0.1) is 5.69 Å². The van der Waals surface area contributed by atoms with Gasteiger partial charge in [0, 0.05) is 18.8 Å². The summed E-state index contributed by atoms with van der Waals surface area (Å²) in [6.45, 7) is 5.30. The number of nitrogens with zero attached hydrogens (tertiary/aromatic N) is 2. The van der Waals surface area contributed by atoms with Gasteiger partial charge < -0.3 is 9.88 Å². The molecule has 1 N–H and O–H groups in total. The lowest BCUT2D eigenvalue weighted by molar-refractivity contribution is 0.600. The highest BCUT2D eigenvalue weighted by Gasteiger charge is 2.23. The molecule has 19 heavy (non-hydrogen) atoms. The largest absolute Gasteiger partial charge is 0.353 e. The minimum Gasteiger partial charge on any atom is -0.353 e. The second kappa shape index (κ2) is 5.08. The van der Waals surface area contributed by atoms with Crippen LogP contribution in [0.3, 0.4) is 0 Å². The van der Waals surface area contributed by atoms with E-state index >= 15 is 0 Å². The average Bonchev–Trinajstić information content (AvgIpc) is 3.15. The standard InChI is InChI=1S/C16H21N3/c1-12(14-6-4-3-5-7-14)10-19-11-13(2)17-16(19)18-15-8-9-15/h3-7,11-12,15H,8-10H2,1-2H3,(H,17,18). The highest BCUT2D eigenvalue weighted by Crippen LogP contribution is 2.26. The first kappa shape index (κ1) is 12.3. The smallest absolute Gasteiger partial charge is 0.203 e. The Morgan fingerprint density at radius 2 is 2.05 bits per heavy atom. The number of aromatic nitrogens is 2. The second-order valence-corrected chi connectivity index (χ2v) is 5.59. The van der Waals surface area contributed by atoms with Gasteiger partial charge in [0.1, 0.15) is 0 Å². The fourth-order valence-corrected chi connectivity index (χ4v) is 2.39. The molecule has 1 atom stereocenters. The van der Waals surface area contributed by atoms with Crippen molar-refractivity contribution in [3.8, 4) is 0 Å². The zero-order valence-electron chi connectivity index (χ0n) is 11.6. The van der Waals surface area contributed by atoms with Crippen LogP contribution in [0.25, 0.3) is 0 Å². The third-order valence-electron chi connectivity index (χ3n) is 3.65. The minimum absolute atomic E-state index is 0.495. The van der Waals surface area contributed by atoms with E-state index in [1.54, 1.807) is 0 Å². The molecule has 1 fully saturated rings. The van der Waals surface area contributed by atoms with Crippen LogP contribution in [-0.2, 0) is 6.54 Å². The van der Waals surface area contributed by atoms with Gasteiger partial charge in [-0.05, 0) is 31.2 Å². The molecule has 0 saturated heterocycles. The third-order valence-corrected chi connectivity index (χ3v) is 3.65. The topological polar surface area (TPSA) is 29.9 Å². The van der Waals surface area contributed by atoms with Crippen LogP contribution in [0.15, 0.2) is 36.5 Å². The number of aryl methyl sites for hydroxylation is 1. The lowest BCUT2D eigenvalue weighted by atomic mass is 10.0. The van der Waals surface area contributed by atoms with Crippen molar-refractivity contribution in [2.45, 2.75) is 45.2 Å². The van der Waals surface area contributed by atoms with Gasteiger partial charge in [-0.2, -0.15) is 0 Å². The number of imidazole rings is 1. The monoisotopic (exact) mass is 255 g/mol. The van der Waals surface area contributed by atoms with Crippen molar-refractivity contribution >= 4 is 5.95 Å². The van der Waals surface area contributed by atoms with Gasteiger partial charge in [-0.15, -0.1) is 0 Å². The molecule has 1 heterocycles. The molecule has 0 bridgehead atoms. The summed E-state index contributed by atoms with van der Waals surface area (Å²) in [6, 6.07) is 11.3. The Kier molecular flexibility index (Phi) is 3.28. The number of anilines is 1. The van der Waals surface area contributed by atoms with Gasteiger partial charge in [-0.25, -0.2) is 4.98 Å². The van der Waals surface area contributed by atoms with Gasteiger partial charge >= 0.3 is 0 Å². The van der Waals surface area contributed by atoms with Crippen molar-refractivity contribution in [1.82, 2.24) is 9.55 Å². The first-order valence-electron chi connectivity index (χ1n) is 7.07. The second-order valence-electron chi connectivity index (χ2n) is 5.59. The van der Waals surface area contributed by atoms with Gasteiger partial charge in [-0.1, -0.05) is 37.3 Å². The summed E-state index contributed by atoms with van der Waals surface area (Å²) in [7, 11) is 0. The summed E-state index contributed by atoms with van der Waals surface area (Å²) in [4.78, 5) is 4.59. The van der Waals surface area contributed by atoms with Gasteiger partial charge in [0.15, 0.2) is 0 Å². The molecular weight excluding hydrogens is 234 g/mol. The fourth-order valence-electron chi connectivity index (χ4n) is 2.39. The minimum atomic E-state index is 0.495. The molecule has 3 rings (SSSR count). The average molecular weight is 255 g/mol. The summed E-state index contributed by atoms with van der Waals surface area (Å²) in [5.41, 5.74) is 2.47. The van der Waals surface area contributed by atoms with Crippen molar-refractivity contribution < 1.29 is 0 Å². The Labute approximate surface area is 114 Å². The molecule has 0 aliphatic heterocycles. The van der Waals surface area contributed by atoms with Crippen molar-refractivity contribution in [1.29, 1.82) is 0 Å². The number of nitrogens with one attached hydrogen (secondary N) is 1. The summed E-state index contributed by atoms with van der Waals surface area (Å²) < 4.78 is 2.26. The Bertz CT molecular complexity index is 540. The molecule has 1 aromatic heterocycles. The van der Waals surface area contributed by atoms with Crippen LogP contribution >= 0.6 is 0 Å². The Balaban J connectivity index is 1.75. The molecule has 0 amide bonds. The third kappa shape index (κ3) is 2.98. The molecule has 1 aromatic carbocycles. The maximum atomic E-state index is 4.59. The first-order chi connectivity index (χ1) is 9.22. The molecule has 0 spiro atoms. The maximum Gasteiger partial charge on any atom is 0.203 e. The fraction of sp³-hybridized carbons (Fsp3) is 0.438. The lowest BCUT2D eigenvalue weighted by Gasteiger charge is -2.15. The molecule has 1 unspecified atom stereocenters. The van der Waals surface area contributed by atoms with E-state index in [1.165, 1.54) is 18.4 Å². The van der Waals surface area contributed by atoms with Crippen LogP contribution in [-0.4, -0.2) is 15.6 Å². The van der Waals surface area contributed by atoms with E-state index in [0.29, 0.717) is 12.0 Å². The van der Waals surface area contributed by atoms with Crippen molar-refractivity contribution in [3.05, 3.63) is 47.8 Å². The molecule has 1 aliphatic rings. The van der Waals surface area contributed by atoms with Crippen LogP contribution in [0.5, 0.6) is 0 Å². The van der Waals surface area contributed by atoms with E-state index in [-0.39, 0.29) is 0 Å². The molecule has 100 valence electrons. The zero-order chi connectivity index (χ0) is 13.2. The molecular formula is C16H21N3. The zero-order valence-corrected chi connectivity index (χ0v) is 11.6. The molecule has 2 aromatic rings. The van der Waals surface area contributed by atoms with Gasteiger partial charge in [0.2, 0.25) is 5.95 Å². The Morgan fingerprint density at radius 1 is 1.32 bits per heavy atom. The summed E-state index contributed by atoms with van der Waals surface area (Å²) in [6.07, 6.45) is 4.70. The molecule has 0 radical (unpaired) electrons. The maximum absolute atomic E-state index is 4.59. The normalized spacial score (nSPS) is 16.3. The molecule has 1 aliphatic carbocycles. The van der Waals surface area contributed by atoms with Gasteiger partial charge in [-0.3, -0.25) is 0 Å². The molecule has 1 saturated carbocycles. The molecule has 3 nitrogen and oxygen atoms in total. The predicted molar refractivity (Wildman–Crippen MR) is 78.5 cm³/mol. The SMILES string of the molecule is Cc1cn(CC(C)c2ccccc2)c(NC2CC2)n1. The van der Waals surface area contributed by atoms with Crippen LogP contribution < -0.4 is 5.32 Å². The van der Waals surface area contributed by atoms with Crippen molar-refractivity contribution in [3.63, 3.8) is 0 Å². The van der Waals surface area contributed by atoms with Crippen molar-refractivity contribution in [2.75, 3.05) is 5.32 Å². The summed E-state index contributed by atoms with van der Waals surface area (Å²) in [5, 5.41) is 3.51. The number of hydrogen-bond donors (Lipinski definition) is 1. The highest BCUT2D eigenvalue weighted by molar-refractivity contribution is 5.32. The Hall–Kier alpha value is -1.77.